The molecule has 2 aliphatic rings. The van der Waals surface area contributed by atoms with Crippen LogP contribution in [0.2, 0.25) is 5.02 Å². The van der Waals surface area contributed by atoms with Gasteiger partial charge in [0.1, 0.15) is 6.10 Å². The molecule has 3 rings (SSSR count). The average molecular weight is 339 g/mol. The van der Waals surface area contributed by atoms with Gasteiger partial charge in [0.25, 0.3) is 0 Å². The first-order valence-electron chi connectivity index (χ1n) is 7.70. The second-order valence-electron chi connectivity index (χ2n) is 6.03. The molecule has 2 atom stereocenters. The summed E-state index contributed by atoms with van der Waals surface area (Å²) in [6.45, 7) is 1.70. The molecule has 1 aromatic rings. The van der Waals surface area contributed by atoms with E-state index in [4.69, 9.17) is 16.3 Å². The van der Waals surface area contributed by atoms with Crippen molar-refractivity contribution >= 4 is 23.4 Å². The molecule has 0 aliphatic carbocycles. The predicted molar refractivity (Wildman–Crippen MR) is 83.0 cm³/mol. The van der Waals surface area contributed by atoms with Gasteiger partial charge in [0.15, 0.2) is 0 Å². The molecule has 0 spiro atoms. The molecule has 124 valence electrons. The van der Waals surface area contributed by atoms with Crippen molar-refractivity contribution in [2.75, 3.05) is 26.7 Å². The summed E-state index contributed by atoms with van der Waals surface area (Å²) in [5.41, 5.74) is 0. The smallest absolute Gasteiger partial charge is 0.316 e. The number of hydrogen-bond acceptors (Lipinski definition) is 5. The highest BCUT2D eigenvalue weighted by atomic mass is 35.5. The van der Waals surface area contributed by atoms with Gasteiger partial charge in [0.05, 0.1) is 29.9 Å². The lowest BCUT2D eigenvalue weighted by Crippen LogP contribution is -2.47. The Hall–Kier alpha value is -1.89. The van der Waals surface area contributed by atoms with Crippen LogP contribution >= 0.6 is 11.6 Å². The van der Waals surface area contributed by atoms with Crippen molar-refractivity contribution in [2.45, 2.75) is 25.4 Å². The third kappa shape index (κ3) is 3.72. The number of carbonyl (C=O) groups is 2. The Bertz CT molecular complexity index is 595. The average Bonchev–Trinajstić information content (AvgIpc) is 2.88. The Balaban J connectivity index is 1.58. The molecule has 0 aromatic carbocycles. The van der Waals surface area contributed by atoms with E-state index in [2.05, 4.69) is 9.97 Å². The van der Waals surface area contributed by atoms with E-state index >= 15 is 0 Å². The van der Waals surface area contributed by atoms with E-state index in [-0.39, 0.29) is 29.8 Å². The number of aromatic nitrogens is 2. The zero-order valence-electron chi connectivity index (χ0n) is 12.9. The van der Waals surface area contributed by atoms with Gasteiger partial charge in [-0.1, -0.05) is 11.6 Å². The fourth-order valence-electron chi connectivity index (χ4n) is 3.03. The van der Waals surface area contributed by atoms with Crippen molar-refractivity contribution < 1.29 is 14.3 Å². The third-order valence-electron chi connectivity index (χ3n) is 4.25. The maximum atomic E-state index is 12.6. The Morgan fingerprint density at radius 1 is 1.35 bits per heavy atom. The first kappa shape index (κ1) is 16.0. The maximum absolute atomic E-state index is 12.6. The summed E-state index contributed by atoms with van der Waals surface area (Å²) in [5, 5.41) is 0.452. The summed E-state index contributed by atoms with van der Waals surface area (Å²) in [4.78, 5) is 35.6. The van der Waals surface area contributed by atoms with Crippen molar-refractivity contribution in [2.24, 2.45) is 5.92 Å². The molecule has 7 nitrogen and oxygen atoms in total. The molecule has 1 aromatic heterocycles. The molecule has 0 saturated carbocycles. The van der Waals surface area contributed by atoms with Gasteiger partial charge in [-0.3, -0.25) is 9.59 Å². The van der Waals surface area contributed by atoms with Crippen LogP contribution in [0.4, 0.5) is 0 Å². The van der Waals surface area contributed by atoms with E-state index in [0.29, 0.717) is 31.1 Å². The number of nitrogens with zero attached hydrogens (tertiary/aromatic N) is 4. The second kappa shape index (κ2) is 6.70. The minimum atomic E-state index is -0.238. The monoisotopic (exact) mass is 338 g/mol. The molecule has 2 fully saturated rings. The van der Waals surface area contributed by atoms with Crippen LogP contribution in [0.25, 0.3) is 0 Å². The van der Waals surface area contributed by atoms with Crippen LogP contribution in [0.5, 0.6) is 6.01 Å². The molecular weight excluding hydrogens is 320 g/mol. The zero-order valence-corrected chi connectivity index (χ0v) is 13.7. The standard InChI is InChI=1S/C15H19ClN4O3/c1-19-8-10(5-13(19)21)14(22)20-4-2-3-12(9-20)23-15-17-6-11(16)7-18-15/h6-7,10,12H,2-5,8-9H2,1H3. The fraction of sp³-hybridized carbons (Fsp3) is 0.600. The van der Waals surface area contributed by atoms with Crippen LogP contribution in [0, 0.1) is 5.92 Å². The molecule has 2 saturated heterocycles. The van der Waals surface area contributed by atoms with Gasteiger partial charge in [0.2, 0.25) is 11.8 Å². The molecule has 8 heteroatoms. The SMILES string of the molecule is CN1CC(C(=O)N2CCCC(Oc3ncc(Cl)cn3)C2)CC1=O. The van der Waals surface area contributed by atoms with Crippen molar-refractivity contribution in [1.82, 2.24) is 19.8 Å². The molecule has 2 amide bonds. The van der Waals surface area contributed by atoms with Crippen LogP contribution in [-0.2, 0) is 9.59 Å². The maximum Gasteiger partial charge on any atom is 0.316 e. The van der Waals surface area contributed by atoms with Crippen molar-refractivity contribution in [1.29, 1.82) is 0 Å². The van der Waals surface area contributed by atoms with Gasteiger partial charge in [-0.2, -0.15) is 0 Å². The highest BCUT2D eigenvalue weighted by molar-refractivity contribution is 6.30. The summed E-state index contributed by atoms with van der Waals surface area (Å²) in [7, 11) is 1.73. The molecule has 2 aliphatic heterocycles. The summed E-state index contributed by atoms with van der Waals surface area (Å²) in [6, 6.07) is 0.268. The molecule has 0 N–H and O–H groups in total. The highest BCUT2D eigenvalue weighted by Crippen LogP contribution is 2.22. The van der Waals surface area contributed by atoms with E-state index in [1.54, 1.807) is 16.8 Å². The minimum Gasteiger partial charge on any atom is -0.458 e. The number of ether oxygens (including phenoxy) is 1. The highest BCUT2D eigenvalue weighted by Gasteiger charge is 2.36. The molecular formula is C15H19ClN4O3. The predicted octanol–water partition coefficient (Wildman–Crippen LogP) is 0.978. The Labute approximate surface area is 139 Å². The lowest BCUT2D eigenvalue weighted by atomic mass is 10.0. The number of amides is 2. The van der Waals surface area contributed by atoms with Gasteiger partial charge in [0, 0.05) is 26.6 Å². The normalized spacial score (nSPS) is 24.9. The number of likely N-dealkylation sites (tertiary alicyclic amines) is 2. The van der Waals surface area contributed by atoms with Gasteiger partial charge in [-0.25, -0.2) is 9.97 Å². The quantitative estimate of drug-likeness (QED) is 0.821. The van der Waals surface area contributed by atoms with Crippen LogP contribution in [0.1, 0.15) is 19.3 Å². The van der Waals surface area contributed by atoms with Crippen molar-refractivity contribution in [3.05, 3.63) is 17.4 Å². The summed E-state index contributed by atoms with van der Waals surface area (Å²) in [6.07, 6.45) is 4.84. The first-order valence-corrected chi connectivity index (χ1v) is 8.07. The van der Waals surface area contributed by atoms with E-state index in [0.717, 1.165) is 12.8 Å². The number of piperidine rings is 1. The Morgan fingerprint density at radius 3 is 2.74 bits per heavy atom. The van der Waals surface area contributed by atoms with E-state index < -0.39 is 0 Å². The van der Waals surface area contributed by atoms with E-state index in [1.165, 1.54) is 12.4 Å². The molecule has 2 unspecified atom stereocenters. The van der Waals surface area contributed by atoms with Crippen LogP contribution < -0.4 is 4.74 Å². The first-order chi connectivity index (χ1) is 11.0. The summed E-state index contributed by atoms with van der Waals surface area (Å²) >= 11 is 5.75. The summed E-state index contributed by atoms with van der Waals surface area (Å²) < 4.78 is 5.74. The lowest BCUT2D eigenvalue weighted by Gasteiger charge is -2.33. The van der Waals surface area contributed by atoms with Crippen molar-refractivity contribution in [3.8, 4) is 6.01 Å². The number of hydrogen-bond donors (Lipinski definition) is 0. The third-order valence-corrected chi connectivity index (χ3v) is 4.44. The second-order valence-corrected chi connectivity index (χ2v) is 6.46. The summed E-state index contributed by atoms with van der Waals surface area (Å²) in [5.74, 6) is -0.172. The molecule has 23 heavy (non-hydrogen) atoms. The number of carbonyl (C=O) groups excluding carboxylic acids is 2. The topological polar surface area (TPSA) is 75.6 Å². The number of halogens is 1. The lowest BCUT2D eigenvalue weighted by molar-refractivity contribution is -0.138. The van der Waals surface area contributed by atoms with Crippen molar-refractivity contribution in [3.63, 3.8) is 0 Å². The van der Waals surface area contributed by atoms with Crippen LogP contribution in [-0.4, -0.2) is 64.4 Å². The van der Waals surface area contributed by atoms with Gasteiger partial charge >= 0.3 is 6.01 Å². The molecule has 0 bridgehead atoms. The fourth-order valence-corrected chi connectivity index (χ4v) is 3.13. The molecule has 0 radical (unpaired) electrons. The van der Waals surface area contributed by atoms with E-state index in [1.807, 2.05) is 0 Å². The minimum absolute atomic E-state index is 0.0303. The van der Waals surface area contributed by atoms with E-state index in [9.17, 15) is 9.59 Å². The van der Waals surface area contributed by atoms with Crippen LogP contribution in [0.15, 0.2) is 12.4 Å². The molecule has 3 heterocycles. The number of rotatable bonds is 3. The van der Waals surface area contributed by atoms with Gasteiger partial charge < -0.3 is 14.5 Å². The zero-order chi connectivity index (χ0) is 16.4. The van der Waals surface area contributed by atoms with Crippen LogP contribution in [0.3, 0.4) is 0 Å². The Morgan fingerprint density at radius 2 is 2.09 bits per heavy atom. The largest absolute Gasteiger partial charge is 0.458 e. The van der Waals surface area contributed by atoms with Gasteiger partial charge in [-0.15, -0.1) is 0 Å². The Kier molecular flexibility index (Phi) is 4.66. The van der Waals surface area contributed by atoms with Gasteiger partial charge in [-0.05, 0) is 12.8 Å².